The molecule has 0 heterocycles. The van der Waals surface area contributed by atoms with E-state index in [9.17, 15) is 0 Å². The van der Waals surface area contributed by atoms with Gasteiger partial charge in [-0.2, -0.15) is 0 Å². The Morgan fingerprint density at radius 2 is 0.515 bits per heavy atom. The second-order valence-electron chi connectivity index (χ2n) is 9.83. The molecule has 0 aromatic rings. The van der Waals surface area contributed by atoms with E-state index in [-0.39, 0.29) is 1110 Å². The normalized spacial score (nSPS) is 5.52. The molecule has 0 aliphatic heterocycles. The van der Waals surface area contributed by atoms with Gasteiger partial charge in [0, 0.05) is 1110 Å². The van der Waals surface area contributed by atoms with Crippen LogP contribution in [0.15, 0.2) is 0 Å². The Kier molecular flexibility index (Phi) is 945. The molecule has 38 heteroatoms. The van der Waals surface area contributed by atoms with Gasteiger partial charge < -0.3 is 0 Å². The zero-order valence-corrected chi connectivity index (χ0v) is 141. The van der Waals surface area contributed by atoms with E-state index < -0.39 is 0 Å². The van der Waals surface area contributed by atoms with Crippen molar-refractivity contribution in [1.29, 1.82) is 0 Å². The molecule has 0 fully saturated rings. The summed E-state index contributed by atoms with van der Waals surface area (Å²) in [6, 6.07) is 0. The maximum Gasteiger partial charge on any atom is 0.139 e. The summed E-state index contributed by atoms with van der Waals surface area (Å²) in [6.45, 7) is 29.2. The molecule has 0 saturated carbocycles. The van der Waals surface area contributed by atoms with Gasteiger partial charge in [0.1, 0.15) is 28.0 Å². The average Bonchev–Trinajstić information content (AvgIpc) is 2.83. The van der Waals surface area contributed by atoms with E-state index >= 15 is 0 Å². The predicted molar refractivity (Wildman–Crippen MR) is 165 cm³/mol. The predicted octanol–water partition coefficient (Wildman–Crippen LogP) is 11.0. The van der Waals surface area contributed by atoms with Gasteiger partial charge in [0.2, 0.25) is 0 Å². The molecule has 36 radical (unpaired) electrons. The maximum absolute atomic E-state index is 2.36. The first-order valence-corrected chi connectivity index (χ1v) is 14.9. The number of rotatable bonds is 16. The van der Waals surface area contributed by atoms with Gasteiger partial charge in [0.05, 0.1) is 0 Å². The Labute approximate surface area is 1280 Å². The molecule has 0 aromatic carbocycles. The van der Waals surface area contributed by atoms with Crippen molar-refractivity contribution in [1.82, 2.24) is 0 Å². The third-order valence-corrected chi connectivity index (χ3v) is 6.78. The van der Waals surface area contributed by atoms with Crippen LogP contribution in [-0.2, 0) is 1110 Å². The molecule has 0 aromatic heterocycles. The van der Waals surface area contributed by atoms with Crippen molar-refractivity contribution < 1.29 is 1110 Å². The molecular formula is C28H66B4Y34. The molecule has 2 unspecified atom stereocenters. The van der Waals surface area contributed by atoms with Gasteiger partial charge in [-0.05, 0) is 0 Å². The van der Waals surface area contributed by atoms with Crippen molar-refractivity contribution in [3.8, 4) is 0 Å². The van der Waals surface area contributed by atoms with E-state index in [4.69, 9.17) is 0 Å². The molecule has 0 nitrogen and oxygen atoms in total. The fraction of sp³-hybridized carbons (Fsp3) is 1.00. The van der Waals surface area contributed by atoms with Crippen LogP contribution in [-0.4, -0.2) is 28.0 Å². The summed E-state index contributed by atoms with van der Waals surface area (Å²) in [5.41, 5.74) is 0. The molecule has 292 valence electrons. The minimum Gasteiger partial charge on any atom is -0.0831 e. The van der Waals surface area contributed by atoms with Crippen molar-refractivity contribution in [2.75, 3.05) is 0 Å². The summed E-state index contributed by atoms with van der Waals surface area (Å²) in [5, 5.41) is 0. The Hall–Kier alpha value is 37.8. The molecule has 2 atom stereocenters. The molecule has 0 saturated heterocycles. The van der Waals surface area contributed by atoms with Gasteiger partial charge in [0.15, 0.2) is 0 Å². The van der Waals surface area contributed by atoms with E-state index in [0.717, 1.165) is 25.3 Å². The van der Waals surface area contributed by atoms with Gasteiger partial charge >= 0.3 is 0 Å². The van der Waals surface area contributed by atoms with Crippen LogP contribution in [0.3, 0.4) is 0 Å². The minimum atomic E-state index is 0. The summed E-state index contributed by atoms with van der Waals surface area (Å²) in [4.78, 5) is 0. The van der Waals surface area contributed by atoms with Gasteiger partial charge in [-0.25, -0.2) is 0 Å². The van der Waals surface area contributed by atoms with Crippen LogP contribution in [0.25, 0.3) is 0 Å². The molecule has 0 bridgehead atoms. The third kappa shape index (κ3) is 254. The monoisotopic (exact) mass is 3470 g/mol. The van der Waals surface area contributed by atoms with E-state index in [1.54, 1.807) is 0 Å². The molecule has 0 N–H and O–H groups in total. The van der Waals surface area contributed by atoms with Crippen LogP contribution in [0.2, 0.25) is 63.2 Å². The van der Waals surface area contributed by atoms with Gasteiger partial charge in [-0.1, -0.05) is 184 Å². The first kappa shape index (κ1) is 253. The number of hydrogen-bond acceptors (Lipinski definition) is 0. The molecule has 0 aliphatic carbocycles. The van der Waals surface area contributed by atoms with Gasteiger partial charge in [-0.15, -0.1) is 0 Å². The van der Waals surface area contributed by atoms with E-state index in [2.05, 4.69) is 97.6 Å². The van der Waals surface area contributed by atoms with Crippen LogP contribution in [0.5, 0.6) is 0 Å². The Bertz CT molecular complexity index is 341. The van der Waals surface area contributed by atoms with Crippen LogP contribution >= 0.6 is 0 Å². The van der Waals surface area contributed by atoms with Crippen molar-refractivity contribution in [3.63, 3.8) is 0 Å². The van der Waals surface area contributed by atoms with Crippen LogP contribution < -0.4 is 0 Å². The zero-order chi connectivity index (χ0) is 25.6. The van der Waals surface area contributed by atoms with E-state index in [0.29, 0.717) is 0 Å². The topological polar surface area (TPSA) is 0 Å². The summed E-state index contributed by atoms with van der Waals surface area (Å²) >= 11 is 0. The van der Waals surface area contributed by atoms with Crippen molar-refractivity contribution >= 4 is 28.0 Å². The van der Waals surface area contributed by atoms with Gasteiger partial charge in [-0.3, -0.25) is 0 Å². The van der Waals surface area contributed by atoms with Crippen molar-refractivity contribution in [3.05, 3.63) is 0 Å². The second kappa shape index (κ2) is 246. The van der Waals surface area contributed by atoms with Crippen LogP contribution in [0.4, 0.5) is 0 Å². The van der Waals surface area contributed by atoms with Crippen LogP contribution in [0.1, 0.15) is 109 Å². The molecule has 0 spiro atoms. The summed E-state index contributed by atoms with van der Waals surface area (Å²) in [5.74, 6) is 1.83. The molecule has 0 aliphatic rings. The first-order valence-electron chi connectivity index (χ1n) is 14.9. The standard InChI is InChI=1S/C9H21B.C7H16B.C7H17B.C5H12B.34Y/c1-5-9(4)8-10(6-2)7-3;1-4-7(3)6-8-5-2;1-4-7-8(5-2)6-3;1-3-5-6-4-2;;;;;;;;;;;;;;;;;;;;;;;;;;;;;;;;;;/h9H,5-8H2,1-4H3;7H,4-6H2,1-3H3;4-7H2,1-3H3;3-5H2,1-2H3;;;;;;;;;;;;;;;;;;;;;;;;;;;;;;;;;;. The Morgan fingerprint density at radius 3 is 0.636 bits per heavy atom. The SMILES string of the molecule is CCB(CC)CC(C)CC.CCCB(CC)CC.CC[B]CC(C)CC.CC[B]CCC.[Y].[Y].[Y].[Y].[Y].[Y].[Y].[Y].[Y].[Y].[Y].[Y].[Y].[Y].[Y].[Y].[Y].[Y].[Y].[Y].[Y].[Y].[Y].[Y].[Y].[Y].[Y].[Y].[Y].[Y].[Y].[Y].[Y].[Y]. The maximum atomic E-state index is 2.36. The molecular weight excluding hydrogens is 3400 g/mol. The second-order valence-corrected chi connectivity index (χ2v) is 9.83. The van der Waals surface area contributed by atoms with Gasteiger partial charge in [0.25, 0.3) is 0 Å². The smallest absolute Gasteiger partial charge is 0.0831 e. The van der Waals surface area contributed by atoms with Crippen LogP contribution in [0, 0.1) is 11.8 Å². The third-order valence-electron chi connectivity index (χ3n) is 6.78. The average molecular weight is 3470 g/mol. The number of hydrogen-bond donors (Lipinski definition) is 0. The molecule has 66 heavy (non-hydrogen) atoms. The van der Waals surface area contributed by atoms with E-state index in [1.165, 1.54) is 88.9 Å². The van der Waals surface area contributed by atoms with Crippen molar-refractivity contribution in [2.45, 2.75) is 172 Å². The minimum absolute atomic E-state index is 0. The Morgan fingerprint density at radius 1 is 0.288 bits per heavy atom. The first-order chi connectivity index (χ1) is 15.3. The zero-order valence-electron chi connectivity index (χ0n) is 45.0. The Balaban J connectivity index is -0.00000000378. The quantitative estimate of drug-likeness (QED) is 0.107. The molecule has 0 amide bonds. The summed E-state index contributed by atoms with van der Waals surface area (Å²) in [6.07, 6.45) is 18.7. The summed E-state index contributed by atoms with van der Waals surface area (Å²) in [7, 11) is 4.66. The fourth-order valence-corrected chi connectivity index (χ4v) is 3.49. The van der Waals surface area contributed by atoms with E-state index in [1.807, 2.05) is 0 Å². The molecule has 0 rings (SSSR count). The summed E-state index contributed by atoms with van der Waals surface area (Å²) < 4.78 is 0. The largest absolute Gasteiger partial charge is 0.139 e. The fourth-order valence-electron chi connectivity index (χ4n) is 3.49. The van der Waals surface area contributed by atoms with Crippen molar-refractivity contribution in [2.24, 2.45) is 11.8 Å².